The number of H-pyrrole nitrogens is 1. The standard InChI is InChI=1S/C21H25N9O12P2S/c22-15-7-1-2-29(16(7)25-5-24-15)19-12(32)13-9(40-19)4-37-43(34,35)41-14-11(31)8(3-38-44(36,45)42-13)39-20(14)30-6-26-10-17(30)27-21(23)28-18(10)33/h1-2,5-6,8-9,11-14,19-20,31-32H,3-4H2,(H,34,35)(H,36,45)(H2,22,24,25)(H3,23,27,28,33)/t8-,9-,11-,12-,13-,14-,19-,20-,44?/m1/s1. The van der Waals surface area contributed by atoms with E-state index in [1.165, 1.54) is 21.7 Å². The van der Waals surface area contributed by atoms with Crippen molar-refractivity contribution in [2.24, 2.45) is 0 Å². The Morgan fingerprint density at radius 2 is 1.71 bits per heavy atom. The van der Waals surface area contributed by atoms with E-state index in [1.54, 1.807) is 6.07 Å². The quantitative estimate of drug-likeness (QED) is 0.116. The van der Waals surface area contributed by atoms with Crippen LogP contribution in [0.1, 0.15) is 12.5 Å². The second-order valence-corrected chi connectivity index (χ2v) is 14.5. The molecule has 7 heterocycles. The number of ether oxygens (including phenoxy) is 2. The van der Waals surface area contributed by atoms with Crippen LogP contribution < -0.4 is 17.0 Å². The monoisotopic (exact) mass is 689 g/mol. The first kappa shape index (κ1) is 30.7. The molecule has 0 radical (unpaired) electrons. The van der Waals surface area contributed by atoms with Crippen molar-refractivity contribution in [3.63, 3.8) is 0 Å². The summed E-state index contributed by atoms with van der Waals surface area (Å²) in [5, 5.41) is 22.8. The Labute approximate surface area is 255 Å². The molecule has 45 heavy (non-hydrogen) atoms. The van der Waals surface area contributed by atoms with Gasteiger partial charge in [0.2, 0.25) is 5.95 Å². The molecule has 21 nitrogen and oxygen atoms in total. The van der Waals surface area contributed by atoms with E-state index in [0.717, 1.165) is 6.33 Å². The van der Waals surface area contributed by atoms with E-state index < -0.39 is 82.4 Å². The lowest BCUT2D eigenvalue weighted by Crippen LogP contribution is -2.36. The first-order valence-corrected chi connectivity index (χ1v) is 17.2. The number of nitrogens with zero attached hydrogens (tertiary/aromatic N) is 6. The Morgan fingerprint density at radius 3 is 2.51 bits per heavy atom. The molecule has 0 aliphatic carbocycles. The van der Waals surface area contributed by atoms with E-state index in [0.29, 0.717) is 11.0 Å². The zero-order chi connectivity index (χ0) is 31.8. The first-order valence-electron chi connectivity index (χ1n) is 13.1. The molecule has 0 saturated carbocycles. The molecule has 7 rings (SSSR count). The van der Waals surface area contributed by atoms with Gasteiger partial charge >= 0.3 is 14.5 Å². The fraction of sp³-hybridized carbons (Fsp3) is 0.476. The van der Waals surface area contributed by atoms with Crippen molar-refractivity contribution in [3.8, 4) is 0 Å². The number of aromatic nitrogens is 7. The van der Waals surface area contributed by atoms with Crippen molar-refractivity contribution in [3.05, 3.63) is 35.3 Å². The number of hydrogen-bond donors (Lipinski definition) is 7. The van der Waals surface area contributed by atoms with Crippen molar-refractivity contribution < 1.29 is 52.1 Å². The lowest BCUT2D eigenvalue weighted by atomic mass is 10.1. The zero-order valence-electron chi connectivity index (χ0n) is 22.5. The highest BCUT2D eigenvalue weighted by molar-refractivity contribution is 8.07. The number of aromatic amines is 1. The molecule has 0 aromatic carbocycles. The van der Waals surface area contributed by atoms with Gasteiger partial charge in [0.1, 0.15) is 54.4 Å². The number of fused-ring (bicyclic) bond motifs is 5. The van der Waals surface area contributed by atoms with E-state index in [-0.39, 0.29) is 22.9 Å². The second-order valence-electron chi connectivity index (χ2n) is 10.3. The molecule has 3 saturated heterocycles. The summed E-state index contributed by atoms with van der Waals surface area (Å²) in [6.07, 6.45) is -7.67. The number of phosphoric acid groups is 1. The summed E-state index contributed by atoms with van der Waals surface area (Å²) in [7, 11) is -5.05. The summed E-state index contributed by atoms with van der Waals surface area (Å²) >= 11 is 5.19. The third-order valence-corrected chi connectivity index (χ3v) is 10.0. The zero-order valence-corrected chi connectivity index (χ0v) is 25.1. The summed E-state index contributed by atoms with van der Waals surface area (Å²) in [5.41, 5.74) is 11.0. The predicted molar refractivity (Wildman–Crippen MR) is 152 cm³/mol. The van der Waals surface area contributed by atoms with Crippen molar-refractivity contribution in [2.45, 2.75) is 49.1 Å². The maximum absolute atomic E-state index is 13.2. The minimum Gasteiger partial charge on any atom is -0.387 e. The largest absolute Gasteiger partial charge is 0.472 e. The van der Waals surface area contributed by atoms with E-state index in [2.05, 4.69) is 24.9 Å². The molecule has 0 spiro atoms. The third-order valence-electron chi connectivity index (χ3n) is 7.47. The number of nitrogen functional groups attached to an aromatic ring is 2. The first-order chi connectivity index (χ1) is 21.3. The molecule has 24 heteroatoms. The number of nitrogens with one attached hydrogen (secondary N) is 1. The van der Waals surface area contributed by atoms with E-state index in [4.69, 9.17) is 50.8 Å². The summed E-state index contributed by atoms with van der Waals surface area (Å²) in [5.74, 6) is -0.0740. The number of anilines is 2. The third kappa shape index (κ3) is 5.46. The van der Waals surface area contributed by atoms with Crippen molar-refractivity contribution in [1.82, 2.24) is 34.1 Å². The van der Waals surface area contributed by atoms with Crippen LogP contribution in [0.4, 0.5) is 11.8 Å². The van der Waals surface area contributed by atoms with Gasteiger partial charge in [0.05, 0.1) is 24.9 Å². The van der Waals surface area contributed by atoms with E-state index in [9.17, 15) is 29.4 Å². The van der Waals surface area contributed by atoms with Crippen LogP contribution in [0.3, 0.4) is 0 Å². The molecule has 4 aromatic heterocycles. The molecule has 3 fully saturated rings. The molecule has 0 amide bonds. The number of aliphatic hydroxyl groups excluding tert-OH is 2. The van der Waals surface area contributed by atoms with Crippen LogP contribution in [0.2, 0.25) is 0 Å². The van der Waals surface area contributed by atoms with Crippen LogP contribution >= 0.6 is 14.5 Å². The highest BCUT2D eigenvalue weighted by atomic mass is 32.5. The van der Waals surface area contributed by atoms with Gasteiger partial charge in [-0.15, -0.1) is 0 Å². The van der Waals surface area contributed by atoms with Gasteiger partial charge < -0.3 is 50.0 Å². The topological polar surface area (TPSA) is 300 Å². The van der Waals surface area contributed by atoms with Crippen molar-refractivity contribution in [1.29, 1.82) is 0 Å². The van der Waals surface area contributed by atoms with Gasteiger partial charge in [-0.3, -0.25) is 27.9 Å². The van der Waals surface area contributed by atoms with Crippen LogP contribution in [-0.4, -0.2) is 104 Å². The van der Waals surface area contributed by atoms with Crippen LogP contribution in [0, 0.1) is 0 Å². The predicted octanol–water partition coefficient (Wildman–Crippen LogP) is -1.62. The van der Waals surface area contributed by atoms with Gasteiger partial charge in [0.15, 0.2) is 23.6 Å². The van der Waals surface area contributed by atoms with Gasteiger partial charge in [0.25, 0.3) is 5.56 Å². The fourth-order valence-corrected chi connectivity index (χ4v) is 7.81. The van der Waals surface area contributed by atoms with Crippen LogP contribution in [0.5, 0.6) is 0 Å². The number of aliphatic hydroxyl groups is 2. The molecular formula is C21H25N9O12P2S. The van der Waals surface area contributed by atoms with Crippen molar-refractivity contribution in [2.75, 3.05) is 24.7 Å². The Balaban J connectivity index is 1.21. The van der Waals surface area contributed by atoms with Gasteiger partial charge in [-0.1, -0.05) is 0 Å². The molecule has 2 unspecified atom stereocenters. The lowest BCUT2D eigenvalue weighted by molar-refractivity contribution is -0.0646. The molecule has 2 bridgehead atoms. The van der Waals surface area contributed by atoms with Gasteiger partial charge in [-0.2, -0.15) is 4.98 Å². The van der Waals surface area contributed by atoms with Crippen molar-refractivity contribution >= 4 is 60.3 Å². The maximum atomic E-state index is 13.2. The highest BCUT2D eigenvalue weighted by Crippen LogP contribution is 2.54. The van der Waals surface area contributed by atoms with Crippen LogP contribution in [0.25, 0.3) is 22.2 Å². The summed E-state index contributed by atoms with van der Waals surface area (Å²) in [6.45, 7) is -5.54. The Kier molecular flexibility index (Phi) is 7.56. The van der Waals surface area contributed by atoms with E-state index in [1.807, 2.05) is 0 Å². The average molecular weight is 689 g/mol. The molecule has 9 N–H and O–H groups in total. The number of imidazole rings is 1. The van der Waals surface area contributed by atoms with Gasteiger partial charge in [0, 0.05) is 6.20 Å². The summed E-state index contributed by atoms with van der Waals surface area (Å²) < 4.78 is 49.4. The normalized spacial score (nSPS) is 37.7. The van der Waals surface area contributed by atoms with E-state index >= 15 is 0 Å². The Morgan fingerprint density at radius 1 is 0.956 bits per heavy atom. The van der Waals surface area contributed by atoms with Crippen LogP contribution in [-0.2, 0) is 43.9 Å². The molecular weight excluding hydrogens is 664 g/mol. The fourth-order valence-electron chi connectivity index (χ4n) is 5.44. The van der Waals surface area contributed by atoms with Gasteiger partial charge in [-0.05, 0) is 17.9 Å². The van der Waals surface area contributed by atoms with Crippen LogP contribution in [0.15, 0.2) is 29.7 Å². The van der Waals surface area contributed by atoms with Gasteiger partial charge in [-0.25, -0.2) is 19.5 Å². The Bertz CT molecular complexity index is 1940. The smallest absolute Gasteiger partial charge is 0.387 e. The average Bonchev–Trinajstić information content (AvgIpc) is 3.72. The Hall–Kier alpha value is -2.95. The minimum absolute atomic E-state index is 0.0826. The molecule has 4 aromatic rings. The summed E-state index contributed by atoms with van der Waals surface area (Å²) in [6, 6.07) is 1.60. The number of rotatable bonds is 2. The molecule has 3 aliphatic heterocycles. The second kappa shape index (κ2) is 11.1. The number of phosphoric ester groups is 1. The maximum Gasteiger partial charge on any atom is 0.472 e. The summed E-state index contributed by atoms with van der Waals surface area (Å²) in [4.78, 5) is 52.4. The number of hydrogen-bond acceptors (Lipinski definition) is 17. The number of nitrogens with two attached hydrogens (primary N) is 2. The SMILES string of the molecule is Nc1nc2c(ncn2[C@@H]2O[C@@H]3COP(O)(=S)O[C@H]4[C@@H](O)[C@H](n5ccc6c(N)ncnc65)O[C@@H]4COP(=O)(O)O[C@@H]2[C@@H]3O)c(=O)[nH]1. The molecule has 3 aliphatic rings. The minimum atomic E-state index is -5.05. The highest BCUT2D eigenvalue weighted by Gasteiger charge is 2.53. The molecule has 10 atom stereocenters. The lowest BCUT2D eigenvalue weighted by Gasteiger charge is -2.27. The molecule has 242 valence electrons.